The standard InChI is InChI=1S/C13H17N3O3S/c17-11(1-2-12-15-5-10-20-12)14-4-3-13(18)16-6-8-19-9-7-16/h1-2,5,10H,3-4,6-9H2,(H,14,17)/b2-1-. The van der Waals surface area contributed by atoms with Crippen molar-refractivity contribution >= 4 is 29.2 Å². The van der Waals surface area contributed by atoms with Gasteiger partial charge in [-0.05, 0) is 6.08 Å². The van der Waals surface area contributed by atoms with Crippen LogP contribution in [0.1, 0.15) is 11.4 Å². The van der Waals surface area contributed by atoms with Gasteiger partial charge in [-0.3, -0.25) is 9.59 Å². The maximum Gasteiger partial charge on any atom is 0.244 e. The Morgan fingerprint density at radius 1 is 1.45 bits per heavy atom. The summed E-state index contributed by atoms with van der Waals surface area (Å²) in [4.78, 5) is 29.1. The third-order valence-corrected chi connectivity index (χ3v) is 3.57. The van der Waals surface area contributed by atoms with Crippen LogP contribution in [0.25, 0.3) is 6.08 Å². The third kappa shape index (κ3) is 4.75. The fourth-order valence-corrected chi connectivity index (χ4v) is 2.32. The molecule has 2 heterocycles. The second kappa shape index (κ2) is 7.76. The normalized spacial score (nSPS) is 15.5. The lowest BCUT2D eigenvalue weighted by atomic mass is 10.3. The van der Waals surface area contributed by atoms with Gasteiger partial charge in [-0.25, -0.2) is 4.98 Å². The fourth-order valence-electron chi connectivity index (χ4n) is 1.79. The van der Waals surface area contributed by atoms with E-state index in [4.69, 9.17) is 4.74 Å². The molecule has 0 unspecified atom stereocenters. The van der Waals surface area contributed by atoms with Crippen LogP contribution in [0.2, 0.25) is 0 Å². The average Bonchev–Trinajstić information content (AvgIpc) is 2.99. The van der Waals surface area contributed by atoms with E-state index >= 15 is 0 Å². The highest BCUT2D eigenvalue weighted by Crippen LogP contribution is 2.05. The van der Waals surface area contributed by atoms with Gasteiger partial charge < -0.3 is 15.0 Å². The first-order valence-corrected chi connectivity index (χ1v) is 7.34. The van der Waals surface area contributed by atoms with E-state index in [0.29, 0.717) is 39.3 Å². The Balaban J connectivity index is 1.64. The Labute approximate surface area is 121 Å². The molecule has 2 rings (SSSR count). The van der Waals surface area contributed by atoms with Crippen molar-refractivity contribution in [2.45, 2.75) is 6.42 Å². The molecule has 1 saturated heterocycles. The van der Waals surface area contributed by atoms with Crippen LogP contribution in [0, 0.1) is 0 Å². The number of ether oxygens (including phenoxy) is 1. The smallest absolute Gasteiger partial charge is 0.244 e. The molecule has 1 aromatic rings. The summed E-state index contributed by atoms with van der Waals surface area (Å²) in [6.45, 7) is 2.80. The second-order valence-electron chi connectivity index (χ2n) is 4.24. The number of hydrogen-bond donors (Lipinski definition) is 1. The van der Waals surface area contributed by atoms with E-state index in [-0.39, 0.29) is 11.8 Å². The molecule has 0 bridgehead atoms. The van der Waals surface area contributed by atoms with Gasteiger partial charge in [0.1, 0.15) is 5.01 Å². The lowest BCUT2D eigenvalue weighted by molar-refractivity contribution is -0.135. The number of carbonyl (C=O) groups excluding carboxylic acids is 2. The summed E-state index contributed by atoms with van der Waals surface area (Å²) in [7, 11) is 0. The fraction of sp³-hybridized carbons (Fsp3) is 0.462. The number of hydrogen-bond acceptors (Lipinski definition) is 5. The predicted molar refractivity (Wildman–Crippen MR) is 76.2 cm³/mol. The molecule has 2 amide bonds. The van der Waals surface area contributed by atoms with E-state index in [2.05, 4.69) is 10.3 Å². The molecular weight excluding hydrogens is 278 g/mol. The van der Waals surface area contributed by atoms with E-state index in [1.165, 1.54) is 17.4 Å². The first-order chi connectivity index (χ1) is 9.75. The zero-order valence-electron chi connectivity index (χ0n) is 11.1. The van der Waals surface area contributed by atoms with E-state index in [0.717, 1.165) is 5.01 Å². The van der Waals surface area contributed by atoms with E-state index in [9.17, 15) is 9.59 Å². The molecule has 1 aliphatic heterocycles. The van der Waals surface area contributed by atoms with Crippen LogP contribution in [0.3, 0.4) is 0 Å². The average molecular weight is 295 g/mol. The highest BCUT2D eigenvalue weighted by atomic mass is 32.1. The molecular formula is C13H17N3O3S. The van der Waals surface area contributed by atoms with Gasteiger partial charge >= 0.3 is 0 Å². The number of thiazole rings is 1. The maximum atomic E-state index is 11.8. The molecule has 1 fully saturated rings. The molecule has 0 spiro atoms. The van der Waals surface area contributed by atoms with Crippen molar-refractivity contribution in [1.82, 2.24) is 15.2 Å². The van der Waals surface area contributed by atoms with Gasteiger partial charge in [0, 0.05) is 43.7 Å². The van der Waals surface area contributed by atoms with Crippen LogP contribution in [-0.4, -0.2) is 54.5 Å². The van der Waals surface area contributed by atoms with Gasteiger partial charge in [-0.15, -0.1) is 11.3 Å². The molecule has 0 saturated carbocycles. The Bertz CT molecular complexity index is 467. The minimum atomic E-state index is -0.213. The van der Waals surface area contributed by atoms with Gasteiger partial charge in [-0.1, -0.05) is 0 Å². The van der Waals surface area contributed by atoms with E-state index in [1.807, 2.05) is 5.38 Å². The third-order valence-electron chi connectivity index (χ3n) is 2.83. The molecule has 0 aliphatic carbocycles. The number of nitrogens with zero attached hydrogens (tertiary/aromatic N) is 2. The molecule has 0 radical (unpaired) electrons. The lowest BCUT2D eigenvalue weighted by Crippen LogP contribution is -2.41. The van der Waals surface area contributed by atoms with Crippen LogP contribution in [0.4, 0.5) is 0 Å². The molecule has 108 valence electrons. The Hall–Kier alpha value is -1.73. The summed E-state index contributed by atoms with van der Waals surface area (Å²) in [5.41, 5.74) is 0. The van der Waals surface area contributed by atoms with Crippen LogP contribution in [0.15, 0.2) is 17.7 Å². The van der Waals surface area contributed by atoms with Gasteiger partial charge in [0.05, 0.1) is 13.2 Å². The number of rotatable bonds is 5. The minimum Gasteiger partial charge on any atom is -0.378 e. The molecule has 20 heavy (non-hydrogen) atoms. The largest absolute Gasteiger partial charge is 0.378 e. The van der Waals surface area contributed by atoms with Crippen LogP contribution in [0.5, 0.6) is 0 Å². The minimum absolute atomic E-state index is 0.0532. The van der Waals surface area contributed by atoms with E-state index < -0.39 is 0 Å². The first kappa shape index (κ1) is 14.7. The summed E-state index contributed by atoms with van der Waals surface area (Å²) in [5, 5.41) is 5.32. The van der Waals surface area contributed by atoms with Crippen molar-refractivity contribution in [3.63, 3.8) is 0 Å². The maximum absolute atomic E-state index is 11.8. The number of aromatic nitrogens is 1. The summed E-state index contributed by atoms with van der Waals surface area (Å²) in [5.74, 6) is -0.160. The van der Waals surface area contributed by atoms with Crippen molar-refractivity contribution in [3.05, 3.63) is 22.7 Å². The van der Waals surface area contributed by atoms with Crippen molar-refractivity contribution in [3.8, 4) is 0 Å². The molecule has 0 aromatic carbocycles. The van der Waals surface area contributed by atoms with Crippen LogP contribution >= 0.6 is 11.3 Å². The highest BCUT2D eigenvalue weighted by Gasteiger charge is 2.16. The van der Waals surface area contributed by atoms with Crippen LogP contribution < -0.4 is 5.32 Å². The molecule has 7 heteroatoms. The monoisotopic (exact) mass is 295 g/mol. The zero-order valence-corrected chi connectivity index (χ0v) is 11.9. The van der Waals surface area contributed by atoms with Crippen molar-refractivity contribution < 1.29 is 14.3 Å². The summed E-state index contributed by atoms with van der Waals surface area (Å²) >= 11 is 1.46. The van der Waals surface area contributed by atoms with E-state index in [1.54, 1.807) is 17.2 Å². The summed E-state index contributed by atoms with van der Waals surface area (Å²) < 4.78 is 5.18. The topological polar surface area (TPSA) is 71.5 Å². The van der Waals surface area contributed by atoms with Gasteiger partial charge in [-0.2, -0.15) is 0 Å². The van der Waals surface area contributed by atoms with Crippen molar-refractivity contribution in [2.75, 3.05) is 32.8 Å². The molecule has 1 N–H and O–H groups in total. The van der Waals surface area contributed by atoms with Gasteiger partial charge in [0.15, 0.2) is 0 Å². The predicted octanol–water partition coefficient (Wildman–Crippen LogP) is 0.521. The highest BCUT2D eigenvalue weighted by molar-refractivity contribution is 7.10. The Morgan fingerprint density at radius 2 is 2.25 bits per heavy atom. The van der Waals surface area contributed by atoms with Crippen LogP contribution in [-0.2, 0) is 14.3 Å². The van der Waals surface area contributed by atoms with Crippen molar-refractivity contribution in [1.29, 1.82) is 0 Å². The molecule has 0 atom stereocenters. The van der Waals surface area contributed by atoms with Crippen molar-refractivity contribution in [2.24, 2.45) is 0 Å². The lowest BCUT2D eigenvalue weighted by Gasteiger charge is -2.26. The molecule has 1 aromatic heterocycles. The zero-order chi connectivity index (χ0) is 14.2. The number of carbonyl (C=O) groups is 2. The number of morpholine rings is 1. The number of nitrogens with one attached hydrogen (secondary N) is 1. The van der Waals surface area contributed by atoms with Gasteiger partial charge in [0.2, 0.25) is 11.8 Å². The molecule has 6 nitrogen and oxygen atoms in total. The quantitative estimate of drug-likeness (QED) is 0.804. The Morgan fingerprint density at radius 3 is 2.95 bits per heavy atom. The SMILES string of the molecule is O=C(/C=C\c1nccs1)NCCC(=O)N1CCOCC1. The summed E-state index contributed by atoms with van der Waals surface area (Å²) in [6.07, 6.45) is 5.09. The summed E-state index contributed by atoms with van der Waals surface area (Å²) in [6, 6.07) is 0. The first-order valence-electron chi connectivity index (χ1n) is 6.46. The number of amides is 2. The molecule has 1 aliphatic rings. The van der Waals surface area contributed by atoms with Gasteiger partial charge in [0.25, 0.3) is 0 Å². The second-order valence-corrected chi connectivity index (χ2v) is 5.16. The Kier molecular flexibility index (Phi) is 5.69.